The number of hydrogen-bond acceptors (Lipinski definition) is 3. The molecule has 4 rings (SSSR count). The van der Waals surface area contributed by atoms with Crippen molar-refractivity contribution in [1.82, 2.24) is 0 Å². The number of hydrogen-bond donors (Lipinski definition) is 1. The van der Waals surface area contributed by atoms with Crippen LogP contribution >= 0.6 is 0 Å². The Morgan fingerprint density at radius 1 is 0.862 bits per heavy atom. The number of nitrogens with zero attached hydrogens (tertiary/aromatic N) is 1. The minimum atomic E-state index is 0.0592. The maximum absolute atomic E-state index is 12.6. The zero-order chi connectivity index (χ0) is 19.9. The number of piperidine rings is 1. The topological polar surface area (TPSA) is 41.6 Å². The van der Waals surface area contributed by atoms with Gasteiger partial charge in [-0.2, -0.15) is 0 Å². The Morgan fingerprint density at radius 2 is 1.48 bits per heavy atom. The molecule has 3 aromatic rings. The van der Waals surface area contributed by atoms with Gasteiger partial charge in [0.15, 0.2) is 0 Å². The van der Waals surface area contributed by atoms with E-state index in [9.17, 15) is 4.79 Å². The van der Waals surface area contributed by atoms with E-state index in [0.29, 0.717) is 6.61 Å². The highest BCUT2D eigenvalue weighted by Crippen LogP contribution is 2.25. The van der Waals surface area contributed by atoms with Crippen molar-refractivity contribution in [2.45, 2.75) is 19.4 Å². The molecule has 0 aromatic heterocycles. The number of ether oxygens (including phenoxy) is 1. The van der Waals surface area contributed by atoms with E-state index in [4.69, 9.17) is 4.74 Å². The molecule has 0 unspecified atom stereocenters. The van der Waals surface area contributed by atoms with Gasteiger partial charge in [0.25, 0.3) is 0 Å². The van der Waals surface area contributed by atoms with E-state index in [-0.39, 0.29) is 11.8 Å². The van der Waals surface area contributed by atoms with Gasteiger partial charge in [-0.25, -0.2) is 0 Å². The van der Waals surface area contributed by atoms with Gasteiger partial charge >= 0.3 is 0 Å². The van der Waals surface area contributed by atoms with Crippen LogP contribution in [0, 0.1) is 5.92 Å². The first-order chi connectivity index (χ1) is 14.3. The Morgan fingerprint density at radius 3 is 2.14 bits per heavy atom. The highest BCUT2D eigenvalue weighted by Gasteiger charge is 2.25. The van der Waals surface area contributed by atoms with Gasteiger partial charge in [0.2, 0.25) is 5.91 Å². The Balaban J connectivity index is 1.25. The standard InChI is InChI=1S/C25H26N2O2/c28-25(21-15-17-27(18-16-21)23-9-5-2-6-10-23)26-22-11-13-24(14-12-22)29-19-20-7-3-1-4-8-20/h1-14,21H,15-19H2,(H,26,28). The summed E-state index contributed by atoms with van der Waals surface area (Å²) in [5.41, 5.74) is 3.18. The van der Waals surface area contributed by atoms with Crippen molar-refractivity contribution < 1.29 is 9.53 Å². The zero-order valence-electron chi connectivity index (χ0n) is 16.5. The Labute approximate surface area is 172 Å². The van der Waals surface area contributed by atoms with Crippen LogP contribution in [0.4, 0.5) is 11.4 Å². The molecule has 1 heterocycles. The second-order valence-electron chi connectivity index (χ2n) is 7.38. The SMILES string of the molecule is O=C(Nc1ccc(OCc2ccccc2)cc1)C1CCN(c2ccccc2)CC1. The summed E-state index contributed by atoms with van der Waals surface area (Å²) < 4.78 is 5.80. The predicted octanol–water partition coefficient (Wildman–Crippen LogP) is 5.12. The minimum Gasteiger partial charge on any atom is -0.489 e. The molecular formula is C25H26N2O2. The molecule has 0 saturated carbocycles. The fourth-order valence-corrected chi connectivity index (χ4v) is 3.66. The number of carbonyl (C=O) groups is 1. The van der Waals surface area contributed by atoms with Gasteiger partial charge in [0.1, 0.15) is 12.4 Å². The molecule has 1 aliphatic heterocycles. The van der Waals surface area contributed by atoms with Crippen LogP contribution in [-0.2, 0) is 11.4 Å². The van der Waals surface area contributed by atoms with Crippen molar-refractivity contribution in [2.24, 2.45) is 5.92 Å². The molecule has 1 N–H and O–H groups in total. The summed E-state index contributed by atoms with van der Waals surface area (Å²) in [5.74, 6) is 0.961. The summed E-state index contributed by atoms with van der Waals surface area (Å²) in [7, 11) is 0. The lowest BCUT2D eigenvalue weighted by Gasteiger charge is -2.33. The van der Waals surface area contributed by atoms with Crippen molar-refractivity contribution in [3.63, 3.8) is 0 Å². The van der Waals surface area contributed by atoms with Gasteiger partial charge in [-0.1, -0.05) is 48.5 Å². The number of anilines is 2. The second-order valence-corrected chi connectivity index (χ2v) is 7.38. The van der Waals surface area contributed by atoms with Crippen molar-refractivity contribution in [2.75, 3.05) is 23.3 Å². The molecule has 1 aliphatic rings. The van der Waals surface area contributed by atoms with Gasteiger partial charge in [0, 0.05) is 30.4 Å². The third-order valence-electron chi connectivity index (χ3n) is 5.36. The fourth-order valence-electron chi connectivity index (χ4n) is 3.66. The molecule has 0 bridgehead atoms. The molecule has 4 heteroatoms. The van der Waals surface area contributed by atoms with Gasteiger partial charge in [-0.3, -0.25) is 4.79 Å². The lowest BCUT2D eigenvalue weighted by molar-refractivity contribution is -0.120. The van der Waals surface area contributed by atoms with Gasteiger partial charge in [-0.05, 0) is 54.8 Å². The molecule has 0 atom stereocenters. The largest absolute Gasteiger partial charge is 0.489 e. The predicted molar refractivity (Wildman–Crippen MR) is 117 cm³/mol. The molecule has 0 spiro atoms. The van der Waals surface area contributed by atoms with Gasteiger partial charge < -0.3 is 15.0 Å². The van der Waals surface area contributed by atoms with Crippen molar-refractivity contribution in [3.8, 4) is 5.75 Å². The highest BCUT2D eigenvalue weighted by molar-refractivity contribution is 5.92. The summed E-state index contributed by atoms with van der Waals surface area (Å²) in [6.07, 6.45) is 1.75. The Bertz CT molecular complexity index is 903. The summed E-state index contributed by atoms with van der Waals surface area (Å²) in [6.45, 7) is 2.36. The van der Waals surface area contributed by atoms with Crippen LogP contribution in [0.15, 0.2) is 84.9 Å². The molecule has 1 saturated heterocycles. The van der Waals surface area contributed by atoms with Crippen molar-refractivity contribution in [3.05, 3.63) is 90.5 Å². The van der Waals surface area contributed by atoms with E-state index >= 15 is 0 Å². The molecule has 0 aliphatic carbocycles. The van der Waals surface area contributed by atoms with Crippen LogP contribution in [0.5, 0.6) is 5.75 Å². The summed E-state index contributed by atoms with van der Waals surface area (Å²) in [4.78, 5) is 15.0. The molecule has 0 radical (unpaired) electrons. The minimum absolute atomic E-state index is 0.0592. The Hall–Kier alpha value is -3.27. The van der Waals surface area contributed by atoms with E-state index in [2.05, 4.69) is 34.5 Å². The maximum atomic E-state index is 12.6. The smallest absolute Gasteiger partial charge is 0.227 e. The van der Waals surface area contributed by atoms with Crippen LogP contribution in [-0.4, -0.2) is 19.0 Å². The van der Waals surface area contributed by atoms with Crippen LogP contribution in [0.25, 0.3) is 0 Å². The first kappa shape index (κ1) is 19.1. The maximum Gasteiger partial charge on any atom is 0.227 e. The first-order valence-corrected chi connectivity index (χ1v) is 10.2. The van der Waals surface area contributed by atoms with Crippen LogP contribution in [0.1, 0.15) is 18.4 Å². The first-order valence-electron chi connectivity index (χ1n) is 10.2. The number of para-hydroxylation sites is 1. The monoisotopic (exact) mass is 386 g/mol. The van der Waals surface area contributed by atoms with Crippen LogP contribution in [0.2, 0.25) is 0 Å². The average molecular weight is 386 g/mol. The molecule has 1 fully saturated rings. The molecule has 3 aromatic carbocycles. The second kappa shape index (κ2) is 9.28. The number of nitrogens with one attached hydrogen (secondary N) is 1. The van der Waals surface area contributed by atoms with Crippen molar-refractivity contribution in [1.29, 1.82) is 0 Å². The van der Waals surface area contributed by atoms with Gasteiger partial charge in [-0.15, -0.1) is 0 Å². The third kappa shape index (κ3) is 5.17. The fraction of sp³-hybridized carbons (Fsp3) is 0.240. The van der Waals surface area contributed by atoms with E-state index < -0.39 is 0 Å². The normalized spacial score (nSPS) is 14.4. The number of rotatable bonds is 6. The molecule has 1 amide bonds. The lowest BCUT2D eigenvalue weighted by atomic mass is 9.95. The number of benzene rings is 3. The number of carbonyl (C=O) groups excluding carboxylic acids is 1. The summed E-state index contributed by atoms with van der Waals surface area (Å²) >= 11 is 0. The lowest BCUT2D eigenvalue weighted by Crippen LogP contribution is -2.38. The molecular weight excluding hydrogens is 360 g/mol. The molecule has 4 nitrogen and oxygen atoms in total. The van der Waals surface area contributed by atoms with E-state index in [1.165, 1.54) is 5.69 Å². The average Bonchev–Trinajstić information content (AvgIpc) is 2.80. The summed E-state index contributed by atoms with van der Waals surface area (Å²) in [5, 5.41) is 3.05. The molecule has 148 valence electrons. The van der Waals surface area contributed by atoms with Crippen LogP contribution in [0.3, 0.4) is 0 Å². The Kier molecular flexibility index (Phi) is 6.10. The number of amides is 1. The quantitative estimate of drug-likeness (QED) is 0.639. The zero-order valence-corrected chi connectivity index (χ0v) is 16.5. The van der Waals surface area contributed by atoms with Gasteiger partial charge in [0.05, 0.1) is 0 Å². The van der Waals surface area contributed by atoms with E-state index in [1.807, 2.05) is 60.7 Å². The van der Waals surface area contributed by atoms with Crippen molar-refractivity contribution >= 4 is 17.3 Å². The third-order valence-corrected chi connectivity index (χ3v) is 5.36. The molecule has 29 heavy (non-hydrogen) atoms. The highest BCUT2D eigenvalue weighted by atomic mass is 16.5. The van der Waals surface area contributed by atoms with E-state index in [1.54, 1.807) is 0 Å². The van der Waals surface area contributed by atoms with E-state index in [0.717, 1.165) is 42.9 Å². The summed E-state index contributed by atoms with van der Waals surface area (Å²) in [6, 6.07) is 28.1. The van der Waals surface area contributed by atoms with Crippen LogP contribution < -0.4 is 15.0 Å².